The first-order chi connectivity index (χ1) is 20.4. The monoisotopic (exact) mass is 566 g/mol. The number of para-hydroxylation sites is 1. The number of aryl methyl sites for hydroxylation is 1. The number of rotatable bonds is 4. The normalized spacial score (nSPS) is 12.2. The van der Waals surface area contributed by atoms with Crippen LogP contribution in [-0.4, -0.2) is 24.6 Å². The summed E-state index contributed by atoms with van der Waals surface area (Å²) in [5.74, 6) is 0.830. The number of fused-ring (bicyclic) bond motifs is 1. The van der Waals surface area contributed by atoms with E-state index in [0.29, 0.717) is 11.5 Å². The summed E-state index contributed by atoms with van der Waals surface area (Å²) in [6.45, 7) is 12.8. The van der Waals surface area contributed by atoms with Gasteiger partial charge in [0.05, 0.1) is 16.7 Å². The van der Waals surface area contributed by atoms with Crippen LogP contribution in [-0.2, 0) is 17.9 Å². The van der Waals surface area contributed by atoms with Gasteiger partial charge in [-0.25, -0.2) is 9.97 Å². The van der Waals surface area contributed by atoms with E-state index in [0.717, 1.165) is 55.8 Å². The molecule has 3 heterocycles. The highest BCUT2D eigenvalue weighted by Crippen LogP contribution is 2.41. The molecular weight excluding hydrogens is 528 g/mol. The van der Waals surface area contributed by atoms with Crippen LogP contribution in [0.3, 0.4) is 0 Å². The minimum Gasteiger partial charge on any atom is -0.505 e. The first-order valence-electron chi connectivity index (χ1n) is 14.7. The van der Waals surface area contributed by atoms with Gasteiger partial charge in [0.2, 0.25) is 0 Å². The predicted molar refractivity (Wildman–Crippen MR) is 177 cm³/mol. The summed E-state index contributed by atoms with van der Waals surface area (Å²) in [4.78, 5) is 14.8. The molecule has 0 saturated carbocycles. The second-order valence-electron chi connectivity index (χ2n) is 13.3. The van der Waals surface area contributed by atoms with Crippen LogP contribution in [0.15, 0.2) is 97.2 Å². The number of nitrogens with zero attached hydrogens (tertiary/aromatic N) is 4. The van der Waals surface area contributed by atoms with Gasteiger partial charge < -0.3 is 9.67 Å². The second kappa shape index (κ2) is 10.5. The van der Waals surface area contributed by atoms with Crippen LogP contribution in [0.4, 0.5) is 0 Å². The van der Waals surface area contributed by atoms with Crippen molar-refractivity contribution in [2.75, 3.05) is 0 Å². The van der Waals surface area contributed by atoms with E-state index in [1.165, 1.54) is 0 Å². The number of benzene rings is 3. The molecule has 0 atom stereocenters. The fourth-order valence-corrected chi connectivity index (χ4v) is 5.55. The van der Waals surface area contributed by atoms with E-state index in [-0.39, 0.29) is 16.6 Å². The molecule has 0 amide bonds. The molecule has 0 aliphatic carbocycles. The zero-order chi connectivity index (χ0) is 30.5. The Balaban J connectivity index is 1.49. The van der Waals surface area contributed by atoms with Gasteiger partial charge in [-0.1, -0.05) is 102 Å². The third-order valence-corrected chi connectivity index (χ3v) is 8.03. The first kappa shape index (κ1) is 28.4. The molecule has 3 aromatic carbocycles. The summed E-state index contributed by atoms with van der Waals surface area (Å²) in [7, 11) is 1.99. The van der Waals surface area contributed by atoms with Crippen LogP contribution in [0, 0.1) is 0 Å². The number of pyridine rings is 2. The molecule has 0 bridgehead atoms. The lowest BCUT2D eigenvalue weighted by atomic mass is 9.82. The maximum atomic E-state index is 11.5. The Kier molecular flexibility index (Phi) is 6.92. The SMILES string of the molecule is Cn1c(-c2nc(C(C)(C)C)cc(C(C)(C)C)c2O)nc2c(-c3cccc(-c4cc(-c5ccccc5)ccn4)c3)cccc21. The maximum Gasteiger partial charge on any atom is 0.163 e. The fraction of sp³-hybridized carbons (Fsp3) is 0.237. The fourth-order valence-electron chi connectivity index (χ4n) is 5.55. The van der Waals surface area contributed by atoms with Crippen molar-refractivity contribution in [3.63, 3.8) is 0 Å². The predicted octanol–water partition coefficient (Wildman–Crippen LogP) is 9.33. The van der Waals surface area contributed by atoms with Crippen LogP contribution in [0.2, 0.25) is 0 Å². The molecule has 0 fully saturated rings. The van der Waals surface area contributed by atoms with Gasteiger partial charge in [-0.3, -0.25) is 4.98 Å². The van der Waals surface area contributed by atoms with Crippen LogP contribution < -0.4 is 0 Å². The van der Waals surface area contributed by atoms with Crippen molar-refractivity contribution in [1.29, 1.82) is 0 Å². The maximum absolute atomic E-state index is 11.5. The lowest BCUT2D eigenvalue weighted by Crippen LogP contribution is -2.19. The molecular formula is C38H38N4O. The third-order valence-electron chi connectivity index (χ3n) is 8.03. The van der Waals surface area contributed by atoms with E-state index in [1.54, 1.807) is 0 Å². The molecule has 0 radical (unpaired) electrons. The molecule has 216 valence electrons. The molecule has 0 unspecified atom stereocenters. The lowest BCUT2D eigenvalue weighted by molar-refractivity contribution is 0.441. The third kappa shape index (κ3) is 5.32. The quantitative estimate of drug-likeness (QED) is 0.231. The summed E-state index contributed by atoms with van der Waals surface area (Å²) in [5.41, 5.74) is 10.0. The molecule has 6 rings (SSSR count). The second-order valence-corrected chi connectivity index (χ2v) is 13.3. The summed E-state index contributed by atoms with van der Waals surface area (Å²) >= 11 is 0. The Labute approximate surface area is 253 Å². The van der Waals surface area contributed by atoms with Crippen LogP contribution >= 0.6 is 0 Å². The molecule has 43 heavy (non-hydrogen) atoms. The van der Waals surface area contributed by atoms with E-state index in [9.17, 15) is 5.11 Å². The number of hydrogen-bond acceptors (Lipinski definition) is 4. The highest BCUT2D eigenvalue weighted by Gasteiger charge is 2.29. The minimum absolute atomic E-state index is 0.187. The average molecular weight is 567 g/mol. The molecule has 5 heteroatoms. The molecule has 1 N–H and O–H groups in total. The molecule has 6 aromatic rings. The van der Waals surface area contributed by atoms with E-state index < -0.39 is 0 Å². The van der Waals surface area contributed by atoms with Crippen molar-refractivity contribution in [2.45, 2.75) is 52.4 Å². The standard InChI is InChI=1S/C38H38N4O/c1-37(2,3)29-23-32(38(4,5)6)40-34(35(29)43)36-41-33-28(17-12-18-31(33)42(36)7)26-15-11-16-27(21-26)30-22-25(19-20-39-30)24-13-9-8-10-14-24/h8-23,43H,1-7H3. The highest BCUT2D eigenvalue weighted by atomic mass is 16.3. The summed E-state index contributed by atoms with van der Waals surface area (Å²) in [5, 5.41) is 11.5. The van der Waals surface area contributed by atoms with E-state index in [1.807, 2.05) is 36.0 Å². The Morgan fingerprint density at radius 3 is 2.07 bits per heavy atom. The summed E-state index contributed by atoms with van der Waals surface area (Å²) < 4.78 is 2.04. The Morgan fingerprint density at radius 2 is 1.35 bits per heavy atom. The number of aromatic nitrogens is 4. The van der Waals surface area contributed by atoms with Crippen molar-refractivity contribution in [3.05, 3.63) is 108 Å². The van der Waals surface area contributed by atoms with Crippen molar-refractivity contribution < 1.29 is 5.11 Å². The molecule has 0 aliphatic heterocycles. The number of aromatic hydroxyl groups is 1. The Morgan fingerprint density at radius 1 is 0.651 bits per heavy atom. The van der Waals surface area contributed by atoms with Crippen LogP contribution in [0.5, 0.6) is 5.75 Å². The van der Waals surface area contributed by atoms with Crippen molar-refractivity contribution in [2.24, 2.45) is 7.05 Å². The van der Waals surface area contributed by atoms with E-state index >= 15 is 0 Å². The summed E-state index contributed by atoms with van der Waals surface area (Å²) in [6, 6.07) is 31.3. The number of imidazole rings is 1. The zero-order valence-electron chi connectivity index (χ0n) is 26.0. The highest BCUT2D eigenvalue weighted by molar-refractivity contribution is 5.95. The molecule has 0 aliphatic rings. The van der Waals surface area contributed by atoms with Gasteiger partial charge in [0.15, 0.2) is 5.82 Å². The van der Waals surface area contributed by atoms with Crippen LogP contribution in [0.25, 0.3) is 56.1 Å². The van der Waals surface area contributed by atoms with E-state index in [4.69, 9.17) is 15.0 Å². The van der Waals surface area contributed by atoms with Gasteiger partial charge in [0, 0.05) is 41.0 Å². The summed E-state index contributed by atoms with van der Waals surface area (Å²) in [6.07, 6.45) is 1.87. The largest absolute Gasteiger partial charge is 0.505 e. The lowest BCUT2D eigenvalue weighted by Gasteiger charge is -2.26. The van der Waals surface area contributed by atoms with E-state index in [2.05, 4.69) is 114 Å². The van der Waals surface area contributed by atoms with Gasteiger partial charge in [-0.2, -0.15) is 0 Å². The van der Waals surface area contributed by atoms with Crippen molar-refractivity contribution in [3.8, 4) is 50.8 Å². The molecule has 5 nitrogen and oxygen atoms in total. The van der Waals surface area contributed by atoms with Gasteiger partial charge in [-0.15, -0.1) is 0 Å². The molecule has 0 spiro atoms. The molecule has 3 aromatic heterocycles. The van der Waals surface area contributed by atoms with Crippen molar-refractivity contribution in [1.82, 2.24) is 19.5 Å². The van der Waals surface area contributed by atoms with Crippen LogP contribution in [0.1, 0.15) is 52.8 Å². The average Bonchev–Trinajstić information content (AvgIpc) is 3.33. The topological polar surface area (TPSA) is 63.8 Å². The van der Waals surface area contributed by atoms with Gasteiger partial charge in [0.25, 0.3) is 0 Å². The van der Waals surface area contributed by atoms with Crippen molar-refractivity contribution >= 4 is 11.0 Å². The Bertz CT molecular complexity index is 1960. The molecule has 0 saturated heterocycles. The minimum atomic E-state index is -0.260. The van der Waals surface area contributed by atoms with Gasteiger partial charge in [-0.05, 0) is 52.4 Å². The first-order valence-corrected chi connectivity index (χ1v) is 14.7. The number of hydrogen-bond donors (Lipinski definition) is 1. The van der Waals surface area contributed by atoms with Gasteiger partial charge in [0.1, 0.15) is 11.4 Å². The smallest absolute Gasteiger partial charge is 0.163 e. The Hall–Kier alpha value is -4.77. The van der Waals surface area contributed by atoms with Gasteiger partial charge >= 0.3 is 0 Å². The zero-order valence-corrected chi connectivity index (χ0v) is 26.0.